The fourth-order valence-corrected chi connectivity index (χ4v) is 2.68. The molecule has 1 aromatic rings. The fourth-order valence-electron chi connectivity index (χ4n) is 2.52. The summed E-state index contributed by atoms with van der Waals surface area (Å²) in [5, 5.41) is 3.55. The van der Waals surface area contributed by atoms with Gasteiger partial charge in [0.1, 0.15) is 22.6 Å². The van der Waals surface area contributed by atoms with Crippen LogP contribution in [0.25, 0.3) is 0 Å². The number of anilines is 1. The standard InChI is InChI=1S/C16H22ClN3O4/c1-16(2,3)24-15(22)20-9-10(8-11(20)14(21)23-4)18-13-7-5-6-12(17)19-13/h5-7,10-11H,8-9H2,1-4H3,(H,18,19)/t10-,11-/m0/s1. The van der Waals surface area contributed by atoms with Crippen LogP contribution in [0, 0.1) is 0 Å². The third-order valence-corrected chi connectivity index (χ3v) is 3.68. The van der Waals surface area contributed by atoms with E-state index < -0.39 is 23.7 Å². The van der Waals surface area contributed by atoms with Crippen molar-refractivity contribution in [3.8, 4) is 0 Å². The number of carbonyl (C=O) groups is 2. The van der Waals surface area contributed by atoms with Crippen molar-refractivity contribution in [2.75, 3.05) is 19.0 Å². The van der Waals surface area contributed by atoms with Gasteiger partial charge in [0, 0.05) is 19.0 Å². The lowest BCUT2D eigenvalue weighted by molar-refractivity contribution is -0.145. The number of amides is 1. The molecule has 0 unspecified atom stereocenters. The van der Waals surface area contributed by atoms with Gasteiger partial charge in [-0.3, -0.25) is 4.90 Å². The zero-order chi connectivity index (χ0) is 17.9. The van der Waals surface area contributed by atoms with Gasteiger partial charge in [0.05, 0.1) is 7.11 Å². The van der Waals surface area contributed by atoms with Crippen LogP contribution in [0.2, 0.25) is 5.15 Å². The molecule has 1 aliphatic heterocycles. The largest absolute Gasteiger partial charge is 0.467 e. The summed E-state index contributed by atoms with van der Waals surface area (Å²) >= 11 is 5.87. The van der Waals surface area contributed by atoms with Crippen LogP contribution in [-0.4, -0.2) is 53.3 Å². The Morgan fingerprint density at radius 2 is 2.08 bits per heavy atom. The average Bonchev–Trinajstić information content (AvgIpc) is 2.88. The number of esters is 1. The Bertz CT molecular complexity index is 618. The Balaban J connectivity index is 2.11. The molecule has 1 aliphatic rings. The van der Waals surface area contributed by atoms with Gasteiger partial charge in [-0.1, -0.05) is 17.7 Å². The van der Waals surface area contributed by atoms with Crippen molar-refractivity contribution in [2.24, 2.45) is 0 Å². The van der Waals surface area contributed by atoms with E-state index >= 15 is 0 Å². The molecule has 1 saturated heterocycles. The minimum atomic E-state index is -0.693. The number of nitrogens with one attached hydrogen (secondary N) is 1. The zero-order valence-corrected chi connectivity index (χ0v) is 15.0. The van der Waals surface area contributed by atoms with Crippen LogP contribution in [0.3, 0.4) is 0 Å². The highest BCUT2D eigenvalue weighted by Gasteiger charge is 2.42. The first kappa shape index (κ1) is 18.3. The molecule has 0 saturated carbocycles. The van der Waals surface area contributed by atoms with Crippen molar-refractivity contribution in [2.45, 2.75) is 44.9 Å². The van der Waals surface area contributed by atoms with Crippen LogP contribution in [0.5, 0.6) is 0 Å². The molecule has 7 nitrogen and oxygen atoms in total. The van der Waals surface area contributed by atoms with Crippen molar-refractivity contribution in [1.29, 1.82) is 0 Å². The number of rotatable bonds is 3. The van der Waals surface area contributed by atoms with Gasteiger partial charge in [-0.25, -0.2) is 14.6 Å². The molecule has 24 heavy (non-hydrogen) atoms. The quantitative estimate of drug-likeness (QED) is 0.663. The molecular weight excluding hydrogens is 334 g/mol. The van der Waals surface area contributed by atoms with E-state index in [9.17, 15) is 9.59 Å². The molecule has 132 valence electrons. The predicted octanol–water partition coefficient (Wildman–Crippen LogP) is 2.70. The second kappa shape index (κ2) is 7.25. The summed E-state index contributed by atoms with van der Waals surface area (Å²) in [6, 6.07) is 4.37. The van der Waals surface area contributed by atoms with Gasteiger partial charge >= 0.3 is 12.1 Å². The van der Waals surface area contributed by atoms with Gasteiger partial charge in [0.15, 0.2) is 0 Å². The number of methoxy groups -OCH3 is 1. The maximum atomic E-state index is 12.4. The number of nitrogens with zero attached hydrogens (tertiary/aromatic N) is 2. The summed E-state index contributed by atoms with van der Waals surface area (Å²) in [4.78, 5) is 29.9. The van der Waals surface area contributed by atoms with Gasteiger partial charge in [0.2, 0.25) is 0 Å². The number of aromatic nitrogens is 1. The normalized spacial score (nSPS) is 20.6. The molecule has 0 bridgehead atoms. The van der Waals surface area contributed by atoms with Crippen molar-refractivity contribution in [1.82, 2.24) is 9.88 Å². The Hall–Kier alpha value is -2.02. The van der Waals surface area contributed by atoms with Crippen LogP contribution in [-0.2, 0) is 14.3 Å². The van der Waals surface area contributed by atoms with Crippen LogP contribution < -0.4 is 5.32 Å². The first-order chi connectivity index (χ1) is 11.2. The number of ether oxygens (including phenoxy) is 2. The molecule has 0 aromatic carbocycles. The van der Waals surface area contributed by atoms with E-state index in [1.807, 2.05) is 0 Å². The molecular formula is C16H22ClN3O4. The van der Waals surface area contributed by atoms with Crippen LogP contribution in [0.1, 0.15) is 27.2 Å². The van der Waals surface area contributed by atoms with E-state index in [0.29, 0.717) is 23.9 Å². The summed E-state index contributed by atoms with van der Waals surface area (Å²) in [5.41, 5.74) is -0.641. The van der Waals surface area contributed by atoms with E-state index in [0.717, 1.165) is 0 Å². The molecule has 1 amide bonds. The van der Waals surface area contributed by atoms with Crippen LogP contribution >= 0.6 is 11.6 Å². The summed E-state index contributed by atoms with van der Waals surface area (Å²) in [6.07, 6.45) is -0.138. The number of halogens is 1. The summed E-state index contributed by atoms with van der Waals surface area (Å²) < 4.78 is 10.2. The monoisotopic (exact) mass is 355 g/mol. The number of hydrogen-bond acceptors (Lipinski definition) is 6. The molecule has 2 rings (SSSR count). The Morgan fingerprint density at radius 1 is 1.38 bits per heavy atom. The molecule has 2 heterocycles. The molecule has 1 N–H and O–H groups in total. The number of likely N-dealkylation sites (tertiary alicyclic amines) is 1. The smallest absolute Gasteiger partial charge is 0.411 e. The number of hydrogen-bond donors (Lipinski definition) is 1. The molecule has 1 fully saturated rings. The minimum Gasteiger partial charge on any atom is -0.467 e. The first-order valence-corrected chi connectivity index (χ1v) is 8.04. The fraction of sp³-hybridized carbons (Fsp3) is 0.562. The molecule has 2 atom stereocenters. The third kappa shape index (κ3) is 4.74. The van der Waals surface area contributed by atoms with E-state index in [-0.39, 0.29) is 6.04 Å². The molecule has 0 spiro atoms. The highest BCUT2D eigenvalue weighted by molar-refractivity contribution is 6.29. The van der Waals surface area contributed by atoms with E-state index in [1.54, 1.807) is 39.0 Å². The lowest BCUT2D eigenvalue weighted by Crippen LogP contribution is -2.44. The highest BCUT2D eigenvalue weighted by Crippen LogP contribution is 2.24. The van der Waals surface area contributed by atoms with Crippen molar-refractivity contribution in [3.63, 3.8) is 0 Å². The van der Waals surface area contributed by atoms with Crippen molar-refractivity contribution < 1.29 is 19.1 Å². The second-order valence-corrected chi connectivity index (χ2v) is 6.98. The van der Waals surface area contributed by atoms with Crippen molar-refractivity contribution >= 4 is 29.5 Å². The second-order valence-electron chi connectivity index (χ2n) is 6.59. The van der Waals surface area contributed by atoms with E-state index in [2.05, 4.69) is 10.3 Å². The summed E-state index contributed by atoms with van der Waals surface area (Å²) in [6.45, 7) is 5.64. The Labute approximate surface area is 146 Å². The minimum absolute atomic E-state index is 0.160. The van der Waals surface area contributed by atoms with Gasteiger partial charge in [-0.15, -0.1) is 0 Å². The van der Waals surface area contributed by atoms with E-state index in [4.69, 9.17) is 21.1 Å². The zero-order valence-electron chi connectivity index (χ0n) is 14.2. The van der Waals surface area contributed by atoms with Crippen molar-refractivity contribution in [3.05, 3.63) is 23.4 Å². The maximum absolute atomic E-state index is 12.4. The summed E-state index contributed by atoms with van der Waals surface area (Å²) in [7, 11) is 1.30. The molecule has 1 aromatic heterocycles. The Morgan fingerprint density at radius 3 is 2.67 bits per heavy atom. The van der Waals surface area contributed by atoms with Crippen LogP contribution in [0.4, 0.5) is 10.6 Å². The first-order valence-electron chi connectivity index (χ1n) is 7.66. The third-order valence-electron chi connectivity index (χ3n) is 3.47. The van der Waals surface area contributed by atoms with Gasteiger partial charge in [-0.2, -0.15) is 0 Å². The van der Waals surface area contributed by atoms with Crippen LogP contribution in [0.15, 0.2) is 18.2 Å². The van der Waals surface area contributed by atoms with E-state index in [1.165, 1.54) is 12.0 Å². The predicted molar refractivity (Wildman–Crippen MR) is 90.0 cm³/mol. The maximum Gasteiger partial charge on any atom is 0.411 e. The Kier molecular flexibility index (Phi) is 5.54. The number of carbonyl (C=O) groups excluding carboxylic acids is 2. The lowest BCUT2D eigenvalue weighted by Gasteiger charge is -2.27. The number of pyridine rings is 1. The van der Waals surface area contributed by atoms with Gasteiger partial charge in [0.25, 0.3) is 0 Å². The van der Waals surface area contributed by atoms with Gasteiger partial charge in [-0.05, 0) is 32.9 Å². The lowest BCUT2D eigenvalue weighted by atomic mass is 10.1. The molecule has 0 radical (unpaired) electrons. The van der Waals surface area contributed by atoms with Gasteiger partial charge < -0.3 is 14.8 Å². The SMILES string of the molecule is COC(=O)[C@@H]1C[C@H](Nc2cccc(Cl)n2)CN1C(=O)OC(C)(C)C. The summed E-state index contributed by atoms with van der Waals surface area (Å²) in [5.74, 6) is 0.117. The molecule has 0 aliphatic carbocycles. The average molecular weight is 356 g/mol. The molecule has 8 heteroatoms. The highest BCUT2D eigenvalue weighted by atomic mass is 35.5. The topological polar surface area (TPSA) is 80.8 Å².